The van der Waals surface area contributed by atoms with Crippen molar-refractivity contribution in [1.29, 1.82) is 0 Å². The molecule has 0 saturated heterocycles. The smallest absolute Gasteiger partial charge is 0.380 e. The van der Waals surface area contributed by atoms with Gasteiger partial charge in [0.05, 0.1) is 33.4 Å². The average molecular weight is 747 g/mol. The summed E-state index contributed by atoms with van der Waals surface area (Å²) >= 11 is 6.50. The van der Waals surface area contributed by atoms with Gasteiger partial charge in [-0.15, -0.1) is 0 Å². The zero-order chi connectivity index (χ0) is 36.6. The Labute approximate surface area is 287 Å². The summed E-state index contributed by atoms with van der Waals surface area (Å²) in [6.07, 6.45) is -4.16. The third-order valence-electron chi connectivity index (χ3n) is 8.48. The maximum absolute atomic E-state index is 15.2. The first-order chi connectivity index (χ1) is 23.3. The standard InChI is InChI=1S/C32H34ClF7N6O3Si/c1-50(2,3)8-7-49-17-46-30(48)27(32(38,39)40)26(14-43-46)44-20-6-4-5-18(9-20)15-45-16-24(33)21-10-23(25(34)11-22(21)29(45)47)28-41-12-19(13-42-28)31(35,36)37/h10-14,16,18,20,44H,4-9,15,17H2,1-3H3/t18-,20+/m1/s1. The third-order valence-corrected chi connectivity index (χ3v) is 10.5. The molecule has 0 radical (unpaired) electrons. The summed E-state index contributed by atoms with van der Waals surface area (Å²) < 4.78 is 104. The summed E-state index contributed by atoms with van der Waals surface area (Å²) in [5, 5.41) is 6.89. The Hall–Kier alpha value is -3.83. The predicted octanol–water partition coefficient (Wildman–Crippen LogP) is 7.83. The molecule has 0 spiro atoms. The fourth-order valence-corrected chi connectivity index (χ4v) is 6.90. The van der Waals surface area contributed by atoms with Crippen LogP contribution in [0.2, 0.25) is 30.7 Å². The Morgan fingerprint density at radius 2 is 1.68 bits per heavy atom. The number of ether oxygens (including phenoxy) is 1. The van der Waals surface area contributed by atoms with Gasteiger partial charge in [-0.2, -0.15) is 31.4 Å². The van der Waals surface area contributed by atoms with E-state index in [1.165, 1.54) is 16.8 Å². The second-order valence-corrected chi connectivity index (χ2v) is 19.6. The van der Waals surface area contributed by atoms with E-state index in [9.17, 15) is 35.9 Å². The average Bonchev–Trinajstić information content (AvgIpc) is 3.01. The Bertz CT molecular complexity index is 1980. The van der Waals surface area contributed by atoms with Gasteiger partial charge in [0, 0.05) is 51.2 Å². The highest BCUT2D eigenvalue weighted by atomic mass is 35.5. The molecule has 0 amide bonds. The summed E-state index contributed by atoms with van der Waals surface area (Å²) in [4.78, 5) is 33.6. The summed E-state index contributed by atoms with van der Waals surface area (Å²) in [7, 11) is -1.45. The molecular weight excluding hydrogens is 713 g/mol. The van der Waals surface area contributed by atoms with Gasteiger partial charge in [0.25, 0.3) is 11.1 Å². The molecule has 9 nitrogen and oxygen atoms in total. The molecule has 1 aliphatic carbocycles. The molecule has 270 valence electrons. The summed E-state index contributed by atoms with van der Waals surface area (Å²) in [6.45, 7) is 6.38. The lowest BCUT2D eigenvalue weighted by Crippen LogP contribution is -2.36. The van der Waals surface area contributed by atoms with Crippen LogP contribution in [0, 0.1) is 11.7 Å². The monoisotopic (exact) mass is 746 g/mol. The van der Waals surface area contributed by atoms with Crippen molar-refractivity contribution in [3.05, 3.63) is 79.6 Å². The van der Waals surface area contributed by atoms with Gasteiger partial charge >= 0.3 is 12.4 Å². The number of halogens is 8. The van der Waals surface area contributed by atoms with Gasteiger partial charge in [0.1, 0.15) is 18.1 Å². The van der Waals surface area contributed by atoms with E-state index in [0.717, 1.165) is 18.3 Å². The Kier molecular flexibility index (Phi) is 10.8. The zero-order valence-electron chi connectivity index (χ0n) is 27.3. The number of nitrogens with zero attached hydrogens (tertiary/aromatic N) is 5. The van der Waals surface area contributed by atoms with Crippen LogP contribution in [0.4, 0.5) is 36.4 Å². The molecule has 4 aromatic rings. The van der Waals surface area contributed by atoms with Crippen molar-refractivity contribution in [3.63, 3.8) is 0 Å². The maximum atomic E-state index is 15.2. The van der Waals surface area contributed by atoms with Crippen molar-refractivity contribution in [2.75, 3.05) is 11.9 Å². The van der Waals surface area contributed by atoms with Crippen LogP contribution in [-0.2, 0) is 30.4 Å². The molecule has 1 aromatic carbocycles. The SMILES string of the molecule is C[Si](C)(C)CCOCn1ncc(N[C@H]2CCC[C@@H](Cn3cc(Cl)c4cc(-c5ncc(C(F)(F)F)cn5)c(F)cc4c3=O)C2)c(C(F)(F)F)c1=O. The van der Waals surface area contributed by atoms with Crippen LogP contribution < -0.4 is 16.4 Å². The first-order valence-electron chi connectivity index (χ1n) is 15.8. The van der Waals surface area contributed by atoms with Gasteiger partial charge in [-0.1, -0.05) is 37.7 Å². The number of fused-ring (bicyclic) bond motifs is 1. The van der Waals surface area contributed by atoms with Gasteiger partial charge < -0.3 is 14.6 Å². The minimum atomic E-state index is -4.96. The third kappa shape index (κ3) is 8.72. The van der Waals surface area contributed by atoms with Gasteiger partial charge in [0.15, 0.2) is 5.82 Å². The molecule has 50 heavy (non-hydrogen) atoms. The van der Waals surface area contributed by atoms with E-state index in [0.29, 0.717) is 49.4 Å². The van der Waals surface area contributed by atoms with E-state index < -0.39 is 66.9 Å². The first-order valence-corrected chi connectivity index (χ1v) is 19.8. The highest BCUT2D eigenvalue weighted by molar-refractivity contribution is 6.76. The molecule has 1 aliphatic rings. The van der Waals surface area contributed by atoms with Gasteiger partial charge in [0.2, 0.25) is 0 Å². The van der Waals surface area contributed by atoms with E-state index in [2.05, 4.69) is 40.0 Å². The maximum Gasteiger partial charge on any atom is 0.423 e. The van der Waals surface area contributed by atoms with E-state index in [-0.39, 0.29) is 39.6 Å². The molecule has 3 heterocycles. The summed E-state index contributed by atoms with van der Waals surface area (Å²) in [5.74, 6) is -1.47. The minimum Gasteiger partial charge on any atom is -0.380 e. The second kappa shape index (κ2) is 14.4. The van der Waals surface area contributed by atoms with Crippen molar-refractivity contribution in [2.24, 2.45) is 5.92 Å². The van der Waals surface area contributed by atoms with E-state index in [1.54, 1.807) is 0 Å². The van der Waals surface area contributed by atoms with Gasteiger partial charge in [-0.25, -0.2) is 19.0 Å². The van der Waals surface area contributed by atoms with Crippen molar-refractivity contribution < 1.29 is 35.5 Å². The highest BCUT2D eigenvalue weighted by Gasteiger charge is 2.39. The number of anilines is 1. The van der Waals surface area contributed by atoms with Gasteiger partial charge in [-0.3, -0.25) is 9.59 Å². The number of alkyl halides is 6. The number of hydrogen-bond donors (Lipinski definition) is 1. The Morgan fingerprint density at radius 1 is 0.980 bits per heavy atom. The number of rotatable bonds is 10. The first kappa shape index (κ1) is 37.4. The van der Waals surface area contributed by atoms with Crippen molar-refractivity contribution >= 4 is 36.1 Å². The van der Waals surface area contributed by atoms with Crippen molar-refractivity contribution in [1.82, 2.24) is 24.3 Å². The number of hydrogen-bond acceptors (Lipinski definition) is 7. The lowest BCUT2D eigenvalue weighted by atomic mass is 9.85. The second-order valence-electron chi connectivity index (χ2n) is 13.6. The minimum absolute atomic E-state index is 0.0594. The molecule has 1 fully saturated rings. The topological polar surface area (TPSA) is 104 Å². The quantitative estimate of drug-likeness (QED) is 0.100. The molecule has 0 aliphatic heterocycles. The molecule has 5 rings (SSSR count). The lowest BCUT2D eigenvalue weighted by Gasteiger charge is -2.31. The van der Waals surface area contributed by atoms with Crippen LogP contribution in [0.1, 0.15) is 36.8 Å². The van der Waals surface area contributed by atoms with Crippen LogP contribution in [-0.4, -0.2) is 45.0 Å². The Balaban J connectivity index is 1.33. The molecular formula is C32H34ClF7N6O3Si. The lowest BCUT2D eigenvalue weighted by molar-refractivity contribution is -0.139. The van der Waals surface area contributed by atoms with Crippen LogP contribution in [0.5, 0.6) is 0 Å². The zero-order valence-corrected chi connectivity index (χ0v) is 29.0. The van der Waals surface area contributed by atoms with Crippen molar-refractivity contribution in [3.8, 4) is 11.4 Å². The predicted molar refractivity (Wildman–Crippen MR) is 176 cm³/mol. The number of nitrogens with one attached hydrogen (secondary N) is 1. The normalized spacial score (nSPS) is 17.3. The van der Waals surface area contributed by atoms with Crippen LogP contribution in [0.25, 0.3) is 22.2 Å². The van der Waals surface area contributed by atoms with E-state index in [1.807, 2.05) is 0 Å². The molecule has 18 heteroatoms. The molecule has 1 saturated carbocycles. The van der Waals surface area contributed by atoms with E-state index in [4.69, 9.17) is 16.3 Å². The fraction of sp³-hybridized carbons (Fsp3) is 0.469. The summed E-state index contributed by atoms with van der Waals surface area (Å²) in [5.41, 5.74) is -5.08. The van der Waals surface area contributed by atoms with Crippen molar-refractivity contribution in [2.45, 2.75) is 83.0 Å². The van der Waals surface area contributed by atoms with Crippen LogP contribution in [0.3, 0.4) is 0 Å². The number of aromatic nitrogens is 5. The molecule has 2 atom stereocenters. The molecule has 0 unspecified atom stereocenters. The van der Waals surface area contributed by atoms with E-state index >= 15 is 4.39 Å². The van der Waals surface area contributed by atoms with Crippen LogP contribution >= 0.6 is 11.6 Å². The number of benzene rings is 1. The Morgan fingerprint density at radius 3 is 2.32 bits per heavy atom. The van der Waals surface area contributed by atoms with Crippen LogP contribution in [0.15, 0.2) is 46.5 Å². The fourth-order valence-electron chi connectivity index (χ4n) is 5.87. The molecule has 0 bridgehead atoms. The summed E-state index contributed by atoms with van der Waals surface area (Å²) in [6, 6.07) is 2.41. The molecule has 1 N–H and O–H groups in total. The molecule has 3 aromatic heterocycles. The van der Waals surface area contributed by atoms with Gasteiger partial charge in [-0.05, 0) is 43.4 Å². The highest BCUT2D eigenvalue weighted by Crippen LogP contribution is 2.35. The largest absolute Gasteiger partial charge is 0.423 e. The number of pyridine rings is 1.